The average molecular weight is 356 g/mol. The molecule has 2 heterocycles. The van der Waals surface area contributed by atoms with E-state index in [0.29, 0.717) is 5.82 Å². The molecule has 0 atom stereocenters. The van der Waals surface area contributed by atoms with Crippen LogP contribution in [0, 0.1) is 6.92 Å². The summed E-state index contributed by atoms with van der Waals surface area (Å²) >= 11 is 0. The minimum atomic E-state index is -2.61. The highest BCUT2D eigenvalue weighted by atomic mass is 19.3. The third-order valence-electron chi connectivity index (χ3n) is 4.98. The topological polar surface area (TPSA) is 56.7 Å². The first-order valence-electron chi connectivity index (χ1n) is 8.35. The van der Waals surface area contributed by atoms with Gasteiger partial charge in [0, 0.05) is 7.05 Å². The van der Waals surface area contributed by atoms with Gasteiger partial charge in [-0.1, -0.05) is 36.0 Å². The molecule has 0 amide bonds. The van der Waals surface area contributed by atoms with Crippen molar-refractivity contribution in [2.45, 2.75) is 31.6 Å². The Morgan fingerprint density at radius 1 is 1.31 bits per heavy atom. The number of nitrogens with zero attached hydrogens (tertiary/aromatic N) is 4. The van der Waals surface area contributed by atoms with Crippen LogP contribution in [0.5, 0.6) is 0 Å². The molecule has 26 heavy (non-hydrogen) atoms. The average Bonchev–Trinajstić information content (AvgIpc) is 3.09. The second kappa shape index (κ2) is 5.86. The molecule has 1 aliphatic carbocycles. The Balaban J connectivity index is 1.72. The lowest BCUT2D eigenvalue weighted by molar-refractivity contribution is 0.141. The van der Waals surface area contributed by atoms with Crippen LogP contribution in [0.3, 0.4) is 0 Å². The van der Waals surface area contributed by atoms with E-state index >= 15 is 0 Å². The third kappa shape index (κ3) is 2.55. The van der Waals surface area contributed by atoms with Crippen molar-refractivity contribution in [2.24, 2.45) is 7.05 Å². The van der Waals surface area contributed by atoms with Gasteiger partial charge >= 0.3 is 0 Å². The Morgan fingerprint density at radius 2 is 2.08 bits per heavy atom. The van der Waals surface area contributed by atoms with Gasteiger partial charge < -0.3 is 4.52 Å². The number of aromatic nitrogens is 4. The molecule has 0 unspecified atom stereocenters. The molecule has 7 heteroatoms. The highest BCUT2D eigenvalue weighted by molar-refractivity contribution is 5.55. The summed E-state index contributed by atoms with van der Waals surface area (Å²) in [5.41, 5.74) is 3.12. The lowest BCUT2D eigenvalue weighted by Crippen LogP contribution is -2.13. The molecule has 4 rings (SSSR count). The van der Waals surface area contributed by atoms with Gasteiger partial charge in [-0.25, -0.2) is 8.78 Å². The van der Waals surface area contributed by atoms with Crippen molar-refractivity contribution in [2.75, 3.05) is 0 Å². The smallest absolute Gasteiger partial charge is 0.280 e. The van der Waals surface area contributed by atoms with Crippen molar-refractivity contribution in [3.63, 3.8) is 0 Å². The normalized spacial score (nSPS) is 15.4. The Bertz CT molecular complexity index is 985. The van der Waals surface area contributed by atoms with E-state index in [4.69, 9.17) is 4.52 Å². The molecule has 0 bridgehead atoms. The van der Waals surface area contributed by atoms with E-state index in [1.54, 1.807) is 6.08 Å². The summed E-state index contributed by atoms with van der Waals surface area (Å²) in [7, 11) is 1.47. The van der Waals surface area contributed by atoms with E-state index in [2.05, 4.69) is 40.9 Å². The van der Waals surface area contributed by atoms with Crippen LogP contribution in [0.15, 0.2) is 35.4 Å². The predicted molar refractivity (Wildman–Crippen MR) is 92.7 cm³/mol. The molecule has 0 N–H and O–H groups in total. The molecule has 1 saturated carbocycles. The fraction of sp³-hybridized carbons (Fsp3) is 0.316. The lowest BCUT2D eigenvalue weighted by atomic mass is 9.89. The van der Waals surface area contributed by atoms with E-state index in [1.807, 2.05) is 6.07 Å². The van der Waals surface area contributed by atoms with Crippen molar-refractivity contribution in [3.8, 4) is 11.6 Å². The fourth-order valence-corrected chi connectivity index (χ4v) is 3.33. The van der Waals surface area contributed by atoms with Gasteiger partial charge in [0.05, 0.1) is 5.41 Å². The molecule has 0 aliphatic heterocycles. The molecule has 0 spiro atoms. The molecule has 3 aromatic rings. The van der Waals surface area contributed by atoms with Crippen LogP contribution in [0.2, 0.25) is 0 Å². The minimum Gasteiger partial charge on any atom is -0.332 e. The Hall–Kier alpha value is -2.83. The van der Waals surface area contributed by atoms with Crippen molar-refractivity contribution >= 4 is 6.08 Å². The van der Waals surface area contributed by atoms with E-state index in [-0.39, 0.29) is 22.7 Å². The van der Waals surface area contributed by atoms with Crippen molar-refractivity contribution in [1.82, 2.24) is 19.9 Å². The first-order valence-corrected chi connectivity index (χ1v) is 8.35. The van der Waals surface area contributed by atoms with Crippen LogP contribution in [-0.4, -0.2) is 19.9 Å². The zero-order valence-corrected chi connectivity index (χ0v) is 14.5. The molecule has 2 aromatic heterocycles. The second-order valence-corrected chi connectivity index (χ2v) is 6.66. The highest BCUT2D eigenvalue weighted by Gasteiger charge is 2.51. The van der Waals surface area contributed by atoms with E-state index in [0.717, 1.165) is 34.2 Å². The van der Waals surface area contributed by atoms with Crippen LogP contribution < -0.4 is 0 Å². The van der Waals surface area contributed by atoms with Gasteiger partial charge in [-0.15, -0.1) is 0 Å². The summed E-state index contributed by atoms with van der Waals surface area (Å²) in [6.45, 7) is 5.88. The van der Waals surface area contributed by atoms with Gasteiger partial charge in [0.25, 0.3) is 12.3 Å². The lowest BCUT2D eigenvalue weighted by Gasteiger charge is -2.15. The highest BCUT2D eigenvalue weighted by Crippen LogP contribution is 2.53. The second-order valence-electron chi connectivity index (χ2n) is 6.66. The number of benzene rings is 1. The number of alkyl halides is 2. The summed E-state index contributed by atoms with van der Waals surface area (Å²) in [6.07, 6.45) is 1.03. The molecule has 1 aliphatic rings. The largest absolute Gasteiger partial charge is 0.332 e. The number of hydrogen-bond acceptors (Lipinski definition) is 4. The minimum absolute atomic E-state index is 0.159. The molecule has 1 fully saturated rings. The standard InChI is InChI=1S/C19H18F2N4O/c1-4-12-6-5-11(2)13(9-12)19(7-8-19)18-22-17(26-24-18)14-10-15(16(20)21)25(3)23-14/h4-6,9-10,16H,1,7-8H2,2-3H3. The zero-order chi connectivity index (χ0) is 18.5. The Labute approximate surface area is 149 Å². The number of rotatable bonds is 5. The quantitative estimate of drug-likeness (QED) is 0.678. The molecule has 5 nitrogen and oxygen atoms in total. The van der Waals surface area contributed by atoms with Gasteiger partial charge in [-0.05, 0) is 42.5 Å². The fourth-order valence-electron chi connectivity index (χ4n) is 3.33. The summed E-state index contributed by atoms with van der Waals surface area (Å²) in [5.74, 6) is 0.729. The van der Waals surface area contributed by atoms with Crippen LogP contribution in [0.4, 0.5) is 8.78 Å². The maximum absolute atomic E-state index is 13.0. The first kappa shape index (κ1) is 16.6. The SMILES string of the molecule is C=Cc1ccc(C)c(C2(c3noc(-c4cc(C(F)F)n(C)n4)n3)CC2)c1. The van der Waals surface area contributed by atoms with Crippen molar-refractivity contribution in [1.29, 1.82) is 0 Å². The Morgan fingerprint density at radius 3 is 2.69 bits per heavy atom. The molecule has 0 radical (unpaired) electrons. The first-order chi connectivity index (χ1) is 12.4. The van der Waals surface area contributed by atoms with Crippen LogP contribution in [-0.2, 0) is 12.5 Å². The Kier molecular flexibility index (Phi) is 3.75. The number of aryl methyl sites for hydroxylation is 2. The molecule has 1 aromatic carbocycles. The van der Waals surface area contributed by atoms with Crippen molar-refractivity contribution < 1.29 is 13.3 Å². The maximum atomic E-state index is 13.0. The predicted octanol–water partition coefficient (Wildman–Crippen LogP) is 4.44. The number of hydrogen-bond donors (Lipinski definition) is 0. The van der Waals surface area contributed by atoms with E-state index in [1.165, 1.54) is 13.1 Å². The summed E-state index contributed by atoms with van der Waals surface area (Å²) in [5, 5.41) is 8.20. The van der Waals surface area contributed by atoms with E-state index < -0.39 is 6.43 Å². The van der Waals surface area contributed by atoms with Crippen molar-refractivity contribution in [3.05, 3.63) is 59.1 Å². The summed E-state index contributed by atoms with van der Waals surface area (Å²) in [4.78, 5) is 4.48. The van der Waals surface area contributed by atoms with Crippen LogP contribution in [0.25, 0.3) is 17.7 Å². The van der Waals surface area contributed by atoms with Gasteiger partial charge in [-0.2, -0.15) is 10.1 Å². The monoisotopic (exact) mass is 356 g/mol. The van der Waals surface area contributed by atoms with Gasteiger partial charge in [-0.3, -0.25) is 4.68 Å². The van der Waals surface area contributed by atoms with Gasteiger partial charge in [0.2, 0.25) is 0 Å². The molecular formula is C19H18F2N4O. The van der Waals surface area contributed by atoms with Crippen LogP contribution in [0.1, 0.15) is 47.5 Å². The molecule has 134 valence electrons. The molecule has 0 saturated heterocycles. The molecular weight excluding hydrogens is 338 g/mol. The van der Waals surface area contributed by atoms with Gasteiger partial charge in [0.15, 0.2) is 11.5 Å². The summed E-state index contributed by atoms with van der Waals surface area (Å²) in [6, 6.07) is 7.45. The van der Waals surface area contributed by atoms with Crippen LogP contribution >= 0.6 is 0 Å². The third-order valence-corrected chi connectivity index (χ3v) is 4.98. The summed E-state index contributed by atoms with van der Waals surface area (Å²) < 4.78 is 32.4. The number of halogens is 2. The van der Waals surface area contributed by atoms with E-state index in [9.17, 15) is 8.78 Å². The zero-order valence-electron chi connectivity index (χ0n) is 14.5. The maximum Gasteiger partial charge on any atom is 0.280 e. The van der Waals surface area contributed by atoms with Gasteiger partial charge in [0.1, 0.15) is 5.69 Å².